The molecule has 0 spiro atoms. The largest absolute Gasteiger partial charge is 0.494 e. The van der Waals surface area contributed by atoms with Gasteiger partial charge in [0.25, 0.3) is 5.91 Å². The average molecular weight is 519 g/mol. The maximum Gasteiger partial charge on any atom is 0.270 e. The quantitative estimate of drug-likeness (QED) is 0.214. The average Bonchev–Trinajstić information content (AvgIpc) is 3.18. The van der Waals surface area contributed by atoms with Crippen LogP contribution in [0.1, 0.15) is 31.9 Å². The number of rotatable bonds is 10. The second-order valence-corrected chi connectivity index (χ2v) is 9.79. The van der Waals surface area contributed by atoms with Gasteiger partial charge >= 0.3 is 0 Å². The summed E-state index contributed by atoms with van der Waals surface area (Å²) in [5.41, 5.74) is 3.73. The van der Waals surface area contributed by atoms with Gasteiger partial charge in [-0.15, -0.1) is 0 Å². The van der Waals surface area contributed by atoms with Crippen LogP contribution >= 0.6 is 24.0 Å². The summed E-state index contributed by atoms with van der Waals surface area (Å²) in [6.45, 7) is 9.03. The molecule has 0 N–H and O–H groups in total. The van der Waals surface area contributed by atoms with E-state index in [9.17, 15) is 4.79 Å². The van der Waals surface area contributed by atoms with Gasteiger partial charge in [0.15, 0.2) is 4.32 Å². The van der Waals surface area contributed by atoms with Crippen molar-refractivity contribution in [1.82, 2.24) is 0 Å². The predicted octanol–water partition coefficient (Wildman–Crippen LogP) is 6.92. The molecule has 1 saturated heterocycles. The van der Waals surface area contributed by atoms with Crippen molar-refractivity contribution in [2.75, 3.05) is 29.5 Å². The molecule has 0 radical (unpaired) electrons. The third-order valence-corrected chi connectivity index (χ3v) is 7.15. The van der Waals surface area contributed by atoms with Crippen molar-refractivity contribution in [3.63, 3.8) is 0 Å². The molecule has 0 aromatic heterocycles. The van der Waals surface area contributed by atoms with Crippen molar-refractivity contribution in [2.24, 2.45) is 0 Å². The van der Waals surface area contributed by atoms with Crippen LogP contribution < -0.4 is 19.3 Å². The molecule has 186 valence electrons. The van der Waals surface area contributed by atoms with E-state index in [1.165, 1.54) is 11.8 Å². The van der Waals surface area contributed by atoms with Crippen LogP contribution in [0.5, 0.6) is 11.5 Å². The maximum atomic E-state index is 13.4. The molecular weight excluding hydrogens is 488 g/mol. The summed E-state index contributed by atoms with van der Waals surface area (Å²) < 4.78 is 12.3. The molecule has 1 fully saturated rings. The highest BCUT2D eigenvalue weighted by molar-refractivity contribution is 8.27. The predicted molar refractivity (Wildman–Crippen MR) is 154 cm³/mol. The van der Waals surface area contributed by atoms with Gasteiger partial charge in [-0.05, 0) is 68.8 Å². The van der Waals surface area contributed by atoms with E-state index in [0.29, 0.717) is 22.4 Å². The monoisotopic (exact) mass is 518 g/mol. The minimum Gasteiger partial charge on any atom is -0.494 e. The van der Waals surface area contributed by atoms with Crippen LogP contribution in [-0.4, -0.2) is 29.9 Å². The number of carbonyl (C=O) groups is 1. The summed E-state index contributed by atoms with van der Waals surface area (Å²) in [4.78, 5) is 17.8. The molecular formula is C29H30N2O3S2. The van der Waals surface area contributed by atoms with Crippen LogP contribution in [0.3, 0.4) is 0 Å². The lowest BCUT2D eigenvalue weighted by Crippen LogP contribution is -2.27. The highest BCUT2D eigenvalue weighted by atomic mass is 32.2. The van der Waals surface area contributed by atoms with Crippen LogP contribution in [0.25, 0.3) is 6.08 Å². The first-order valence-electron chi connectivity index (χ1n) is 12.1. The fraction of sp³-hybridized carbons (Fsp3) is 0.241. The van der Waals surface area contributed by atoms with E-state index >= 15 is 0 Å². The van der Waals surface area contributed by atoms with Crippen molar-refractivity contribution in [2.45, 2.75) is 27.4 Å². The summed E-state index contributed by atoms with van der Waals surface area (Å²) in [7, 11) is 0. The molecule has 0 unspecified atom stereocenters. The molecule has 5 nitrogen and oxygen atoms in total. The number of amides is 1. The molecule has 0 aliphatic carbocycles. The first-order chi connectivity index (χ1) is 17.5. The van der Waals surface area contributed by atoms with Crippen LogP contribution in [0.4, 0.5) is 11.4 Å². The smallest absolute Gasteiger partial charge is 0.270 e. The summed E-state index contributed by atoms with van der Waals surface area (Å²) in [6, 6.07) is 23.6. The van der Waals surface area contributed by atoms with Gasteiger partial charge in [-0.1, -0.05) is 54.3 Å². The molecule has 0 bridgehead atoms. The fourth-order valence-corrected chi connectivity index (χ4v) is 5.27. The number of hydrogen-bond acceptors (Lipinski definition) is 6. The van der Waals surface area contributed by atoms with Crippen molar-refractivity contribution >= 4 is 51.7 Å². The molecule has 1 aliphatic heterocycles. The van der Waals surface area contributed by atoms with Gasteiger partial charge in [0.05, 0.1) is 17.2 Å². The third kappa shape index (κ3) is 5.91. The lowest BCUT2D eigenvalue weighted by Gasteiger charge is -2.22. The topological polar surface area (TPSA) is 42.0 Å². The zero-order valence-electron chi connectivity index (χ0n) is 20.8. The second kappa shape index (κ2) is 12.1. The van der Waals surface area contributed by atoms with E-state index in [2.05, 4.69) is 30.9 Å². The van der Waals surface area contributed by atoms with Crippen LogP contribution in [-0.2, 0) is 11.4 Å². The Labute approximate surface area is 222 Å². The molecule has 3 aromatic rings. The molecule has 0 saturated carbocycles. The van der Waals surface area contributed by atoms with Gasteiger partial charge in [0.1, 0.15) is 18.1 Å². The zero-order valence-corrected chi connectivity index (χ0v) is 22.4. The highest BCUT2D eigenvalue weighted by Crippen LogP contribution is 2.38. The van der Waals surface area contributed by atoms with Gasteiger partial charge < -0.3 is 14.4 Å². The molecule has 1 aliphatic rings. The number of ether oxygens (including phenoxy) is 2. The number of anilines is 2. The number of hydrogen-bond donors (Lipinski definition) is 0. The minimum absolute atomic E-state index is 0.143. The van der Waals surface area contributed by atoms with E-state index in [1.54, 1.807) is 4.90 Å². The standard InChI is InChI=1S/C29H30N2O3S2/c1-4-30(5-2)24-13-12-22(26(19-24)34-20-21-10-8-7-9-11-21)18-27-28(32)31(29(35)36-27)23-14-16-25(17-15-23)33-6-3/h7-19H,4-6,20H2,1-3H3/b27-18+. The number of carbonyl (C=O) groups excluding carboxylic acids is 1. The summed E-state index contributed by atoms with van der Waals surface area (Å²) >= 11 is 6.87. The summed E-state index contributed by atoms with van der Waals surface area (Å²) in [5, 5.41) is 0. The van der Waals surface area contributed by atoms with Gasteiger partial charge in [0.2, 0.25) is 0 Å². The Balaban J connectivity index is 1.63. The first-order valence-corrected chi connectivity index (χ1v) is 13.3. The second-order valence-electron chi connectivity index (χ2n) is 8.11. The Bertz CT molecular complexity index is 1240. The Morgan fingerprint density at radius 2 is 1.67 bits per heavy atom. The fourth-order valence-electron chi connectivity index (χ4n) is 3.98. The molecule has 4 rings (SSSR count). The van der Waals surface area contributed by atoms with Crippen LogP contribution in [0.2, 0.25) is 0 Å². The van der Waals surface area contributed by atoms with Crippen molar-refractivity contribution in [3.05, 3.63) is 88.8 Å². The van der Waals surface area contributed by atoms with Crippen LogP contribution in [0.15, 0.2) is 77.7 Å². The third-order valence-electron chi connectivity index (χ3n) is 5.85. The number of nitrogens with zero attached hydrogens (tertiary/aromatic N) is 2. The van der Waals surface area contributed by atoms with Crippen LogP contribution in [0, 0.1) is 0 Å². The minimum atomic E-state index is -0.143. The van der Waals surface area contributed by atoms with Crippen molar-refractivity contribution in [3.8, 4) is 11.5 Å². The molecule has 0 atom stereocenters. The molecule has 36 heavy (non-hydrogen) atoms. The van der Waals surface area contributed by atoms with Gasteiger partial charge in [-0.25, -0.2) is 0 Å². The highest BCUT2D eigenvalue weighted by Gasteiger charge is 2.33. The summed E-state index contributed by atoms with van der Waals surface area (Å²) in [6.07, 6.45) is 1.88. The zero-order chi connectivity index (χ0) is 25.5. The first kappa shape index (κ1) is 25.8. The molecule has 1 amide bonds. The molecule has 7 heteroatoms. The summed E-state index contributed by atoms with van der Waals surface area (Å²) in [5.74, 6) is 1.35. The van der Waals surface area contributed by atoms with E-state index < -0.39 is 0 Å². The maximum absolute atomic E-state index is 13.4. The Hall–Kier alpha value is -3.29. The number of thiocarbonyl (C=S) groups is 1. The Morgan fingerprint density at radius 1 is 0.944 bits per heavy atom. The lowest BCUT2D eigenvalue weighted by molar-refractivity contribution is -0.113. The SMILES string of the molecule is CCOc1ccc(N2C(=O)/C(=C\c3ccc(N(CC)CC)cc3OCc3ccccc3)SC2=S)cc1. The van der Waals surface area contributed by atoms with E-state index in [-0.39, 0.29) is 5.91 Å². The normalized spacial score (nSPS) is 14.4. The van der Waals surface area contributed by atoms with Gasteiger partial charge in [-0.2, -0.15) is 0 Å². The van der Waals surface area contributed by atoms with Crippen molar-refractivity contribution in [1.29, 1.82) is 0 Å². The van der Waals surface area contributed by atoms with Gasteiger partial charge in [0, 0.05) is 30.4 Å². The Kier molecular flexibility index (Phi) is 8.67. The molecule has 1 heterocycles. The molecule has 3 aromatic carbocycles. The Morgan fingerprint density at radius 3 is 2.33 bits per heavy atom. The number of thioether (sulfide) groups is 1. The van der Waals surface area contributed by atoms with Gasteiger partial charge in [-0.3, -0.25) is 9.69 Å². The lowest BCUT2D eigenvalue weighted by atomic mass is 10.1. The number of benzene rings is 3. The van der Waals surface area contributed by atoms with Crippen molar-refractivity contribution < 1.29 is 14.3 Å². The van der Waals surface area contributed by atoms with E-state index in [1.807, 2.05) is 73.7 Å². The van der Waals surface area contributed by atoms with E-state index in [0.717, 1.165) is 47.1 Å². The van der Waals surface area contributed by atoms with E-state index in [4.69, 9.17) is 21.7 Å².